The minimum absolute atomic E-state index is 0.0331. The molecular formula is C17H15BrFNO3S. The molecule has 7 heteroatoms. The molecule has 0 heterocycles. The molecule has 2 aromatic carbocycles. The van der Waals surface area contributed by atoms with Gasteiger partial charge in [0, 0.05) is 21.3 Å². The highest BCUT2D eigenvalue weighted by Gasteiger charge is 2.08. The molecule has 0 atom stereocenters. The van der Waals surface area contributed by atoms with Crippen LogP contribution in [0.2, 0.25) is 0 Å². The predicted molar refractivity (Wildman–Crippen MR) is 97.0 cm³/mol. The maximum Gasteiger partial charge on any atom is 0.232 e. The van der Waals surface area contributed by atoms with Crippen molar-refractivity contribution in [3.63, 3.8) is 0 Å². The Labute approximate surface area is 148 Å². The van der Waals surface area contributed by atoms with E-state index in [4.69, 9.17) is 0 Å². The third-order valence-corrected chi connectivity index (χ3v) is 5.00. The molecule has 0 unspecified atom stereocenters. The molecule has 0 bridgehead atoms. The van der Waals surface area contributed by atoms with Crippen molar-refractivity contribution in [3.05, 3.63) is 70.0 Å². The molecule has 2 rings (SSSR count). The second-order valence-electron chi connectivity index (χ2n) is 4.95. The molecule has 0 aliphatic carbocycles. The van der Waals surface area contributed by atoms with Crippen LogP contribution in [0.1, 0.15) is 22.8 Å². The molecule has 0 aliphatic rings. The average Bonchev–Trinajstić information content (AvgIpc) is 2.56. The van der Waals surface area contributed by atoms with E-state index in [9.17, 15) is 17.6 Å². The zero-order valence-corrected chi connectivity index (χ0v) is 15.2. The standard InChI is InChI=1S/C17H15BrFNO3S/c1-2-24(22,23)20-15-7-3-12(4-8-15)17(21)10-5-13-11-14(18)6-9-16(13)19/h3-11,20H,2H2,1H3/b10-5+. The van der Waals surface area contributed by atoms with Crippen molar-refractivity contribution in [2.45, 2.75) is 6.92 Å². The molecule has 0 aromatic heterocycles. The van der Waals surface area contributed by atoms with E-state index in [1.807, 2.05) is 0 Å². The van der Waals surface area contributed by atoms with E-state index in [1.165, 1.54) is 49.4 Å². The van der Waals surface area contributed by atoms with Crippen LogP contribution in [0.3, 0.4) is 0 Å². The van der Waals surface area contributed by atoms with Gasteiger partial charge >= 0.3 is 0 Å². The summed E-state index contributed by atoms with van der Waals surface area (Å²) in [6.07, 6.45) is 2.67. The lowest BCUT2D eigenvalue weighted by molar-refractivity contribution is 0.104. The number of anilines is 1. The van der Waals surface area contributed by atoms with E-state index in [0.717, 1.165) is 0 Å². The van der Waals surface area contributed by atoms with Crippen molar-refractivity contribution >= 4 is 43.5 Å². The fourth-order valence-corrected chi connectivity index (χ4v) is 2.88. The van der Waals surface area contributed by atoms with Crippen LogP contribution >= 0.6 is 15.9 Å². The van der Waals surface area contributed by atoms with E-state index in [0.29, 0.717) is 21.3 Å². The monoisotopic (exact) mass is 411 g/mol. The highest BCUT2D eigenvalue weighted by molar-refractivity contribution is 9.10. The van der Waals surface area contributed by atoms with Crippen molar-refractivity contribution in [1.82, 2.24) is 0 Å². The minimum atomic E-state index is -3.36. The largest absolute Gasteiger partial charge is 0.289 e. The third kappa shape index (κ3) is 5.01. The van der Waals surface area contributed by atoms with Gasteiger partial charge in [0.2, 0.25) is 10.0 Å². The van der Waals surface area contributed by atoms with Gasteiger partial charge in [0.05, 0.1) is 5.75 Å². The molecule has 0 radical (unpaired) electrons. The van der Waals surface area contributed by atoms with E-state index >= 15 is 0 Å². The lowest BCUT2D eigenvalue weighted by Gasteiger charge is -2.06. The Bertz CT molecular complexity index is 877. The number of hydrogen-bond acceptors (Lipinski definition) is 3. The van der Waals surface area contributed by atoms with Crippen molar-refractivity contribution < 1.29 is 17.6 Å². The summed E-state index contributed by atoms with van der Waals surface area (Å²) in [5.41, 5.74) is 1.06. The number of ketones is 1. The first kappa shape index (κ1) is 18.4. The highest BCUT2D eigenvalue weighted by Crippen LogP contribution is 2.17. The van der Waals surface area contributed by atoms with Crippen LogP contribution in [0, 0.1) is 5.82 Å². The third-order valence-electron chi connectivity index (χ3n) is 3.20. The topological polar surface area (TPSA) is 63.2 Å². The molecule has 0 amide bonds. The second-order valence-corrected chi connectivity index (χ2v) is 7.87. The van der Waals surface area contributed by atoms with Crippen LogP contribution in [0.25, 0.3) is 6.08 Å². The van der Waals surface area contributed by atoms with Gasteiger partial charge in [0.1, 0.15) is 5.82 Å². The second kappa shape index (κ2) is 7.72. The van der Waals surface area contributed by atoms with Crippen molar-refractivity contribution in [2.24, 2.45) is 0 Å². The van der Waals surface area contributed by atoms with Gasteiger partial charge in [-0.15, -0.1) is 0 Å². The first-order valence-corrected chi connectivity index (χ1v) is 9.53. The van der Waals surface area contributed by atoms with Crippen LogP contribution < -0.4 is 4.72 Å². The number of benzene rings is 2. The lowest BCUT2D eigenvalue weighted by atomic mass is 10.1. The van der Waals surface area contributed by atoms with E-state index in [1.54, 1.807) is 12.1 Å². The Morgan fingerprint density at radius 3 is 2.50 bits per heavy atom. The molecule has 0 aliphatic heterocycles. The number of sulfonamides is 1. The molecule has 1 N–H and O–H groups in total. The predicted octanol–water partition coefficient (Wildman–Crippen LogP) is 4.25. The van der Waals surface area contributed by atoms with Crippen molar-refractivity contribution in [2.75, 3.05) is 10.5 Å². The molecule has 2 aromatic rings. The number of halogens is 2. The Balaban J connectivity index is 2.13. The molecule has 0 saturated heterocycles. The Morgan fingerprint density at radius 1 is 1.21 bits per heavy atom. The zero-order chi connectivity index (χ0) is 17.7. The lowest BCUT2D eigenvalue weighted by Crippen LogP contribution is -2.14. The summed E-state index contributed by atoms with van der Waals surface area (Å²) in [6.45, 7) is 1.53. The molecule has 126 valence electrons. The molecule has 0 spiro atoms. The van der Waals surface area contributed by atoms with Gasteiger partial charge in [0.15, 0.2) is 5.78 Å². The Morgan fingerprint density at radius 2 is 1.88 bits per heavy atom. The van der Waals surface area contributed by atoms with Gasteiger partial charge in [-0.25, -0.2) is 12.8 Å². The fourth-order valence-electron chi connectivity index (χ4n) is 1.86. The summed E-state index contributed by atoms with van der Waals surface area (Å²) < 4.78 is 39.7. The first-order chi connectivity index (χ1) is 11.3. The minimum Gasteiger partial charge on any atom is -0.289 e. The van der Waals surface area contributed by atoms with Gasteiger partial charge in [0.25, 0.3) is 0 Å². The van der Waals surface area contributed by atoms with Gasteiger partial charge in [-0.05, 0) is 61.5 Å². The molecule has 0 fully saturated rings. The van der Waals surface area contributed by atoms with Gasteiger partial charge in [-0.1, -0.05) is 15.9 Å². The maximum atomic E-state index is 13.6. The van der Waals surface area contributed by atoms with Crippen LogP contribution in [-0.4, -0.2) is 20.0 Å². The summed E-state index contributed by atoms with van der Waals surface area (Å²) in [5.74, 6) is -0.764. The number of hydrogen-bond donors (Lipinski definition) is 1. The zero-order valence-electron chi connectivity index (χ0n) is 12.8. The van der Waals surface area contributed by atoms with Crippen LogP contribution in [0.4, 0.5) is 10.1 Å². The smallest absolute Gasteiger partial charge is 0.232 e. The number of allylic oxidation sites excluding steroid dienone is 1. The number of carbonyl (C=O) groups is 1. The van der Waals surface area contributed by atoms with Gasteiger partial charge < -0.3 is 0 Å². The van der Waals surface area contributed by atoms with Gasteiger partial charge in [-0.2, -0.15) is 0 Å². The highest BCUT2D eigenvalue weighted by atomic mass is 79.9. The summed E-state index contributed by atoms with van der Waals surface area (Å²) in [4.78, 5) is 12.1. The number of carbonyl (C=O) groups excluding carboxylic acids is 1. The SMILES string of the molecule is CCS(=O)(=O)Nc1ccc(C(=O)/C=C/c2cc(Br)ccc2F)cc1. The molecule has 24 heavy (non-hydrogen) atoms. The van der Waals surface area contributed by atoms with Crippen LogP contribution in [0.5, 0.6) is 0 Å². The summed E-state index contributed by atoms with van der Waals surface area (Å²) in [7, 11) is -3.36. The quantitative estimate of drug-likeness (QED) is 0.570. The molecule has 0 saturated carbocycles. The van der Waals surface area contributed by atoms with Gasteiger partial charge in [-0.3, -0.25) is 9.52 Å². The van der Waals surface area contributed by atoms with E-state index < -0.39 is 15.8 Å². The van der Waals surface area contributed by atoms with Crippen LogP contribution in [0.15, 0.2) is 53.0 Å². The van der Waals surface area contributed by atoms with Crippen molar-refractivity contribution in [1.29, 1.82) is 0 Å². The molecule has 4 nitrogen and oxygen atoms in total. The summed E-state index contributed by atoms with van der Waals surface area (Å²) in [5, 5.41) is 0. The maximum absolute atomic E-state index is 13.6. The number of nitrogens with one attached hydrogen (secondary N) is 1. The van der Waals surface area contributed by atoms with E-state index in [-0.39, 0.29) is 11.5 Å². The van der Waals surface area contributed by atoms with Crippen molar-refractivity contribution in [3.8, 4) is 0 Å². The molecular weight excluding hydrogens is 397 g/mol. The van der Waals surface area contributed by atoms with E-state index in [2.05, 4.69) is 20.7 Å². The first-order valence-electron chi connectivity index (χ1n) is 7.09. The fraction of sp³-hybridized carbons (Fsp3) is 0.118. The Hall–Kier alpha value is -1.99. The Kier molecular flexibility index (Phi) is 5.90. The number of rotatable bonds is 6. The normalized spacial score (nSPS) is 11.6. The average molecular weight is 412 g/mol. The van der Waals surface area contributed by atoms with Crippen LogP contribution in [-0.2, 0) is 10.0 Å². The summed E-state index contributed by atoms with van der Waals surface area (Å²) in [6, 6.07) is 10.5. The summed E-state index contributed by atoms with van der Waals surface area (Å²) >= 11 is 3.24.